The van der Waals surface area contributed by atoms with Crippen LogP contribution in [0.25, 0.3) is 11.1 Å². The molecule has 0 aliphatic carbocycles. The zero-order chi connectivity index (χ0) is 18.8. The fraction of sp³-hybridized carbons (Fsp3) is 0.381. The molecule has 1 saturated heterocycles. The number of fused-ring (bicyclic) bond motifs is 1. The highest BCUT2D eigenvalue weighted by atomic mass is 16.1. The molecule has 2 aromatic rings. The first kappa shape index (κ1) is 17.5. The maximum absolute atomic E-state index is 12.8. The maximum atomic E-state index is 12.8. The molecule has 0 spiro atoms. The minimum Gasteiger partial charge on any atom is -0.326 e. The summed E-state index contributed by atoms with van der Waals surface area (Å²) in [6, 6.07) is 7.97. The van der Waals surface area contributed by atoms with Gasteiger partial charge in [-0.1, -0.05) is 0 Å². The second-order valence-electron chi connectivity index (χ2n) is 7.44. The molecule has 1 atom stereocenters. The Morgan fingerprint density at radius 1 is 1.30 bits per heavy atom. The first-order chi connectivity index (χ1) is 13.1. The molecule has 0 saturated carbocycles. The van der Waals surface area contributed by atoms with Gasteiger partial charge in [-0.15, -0.1) is 0 Å². The number of benzene rings is 1. The number of aromatic nitrogens is 1. The van der Waals surface area contributed by atoms with Crippen LogP contribution in [-0.2, 0) is 17.9 Å². The monoisotopic (exact) mass is 361 g/mol. The van der Waals surface area contributed by atoms with E-state index in [-0.39, 0.29) is 11.8 Å². The van der Waals surface area contributed by atoms with E-state index >= 15 is 0 Å². The summed E-state index contributed by atoms with van der Waals surface area (Å²) in [6.07, 6.45) is 7.75. The Bertz CT molecular complexity index is 889. The minimum absolute atomic E-state index is 0.0250. The lowest BCUT2D eigenvalue weighted by atomic mass is 9.95. The Morgan fingerprint density at radius 2 is 2.11 bits per heavy atom. The van der Waals surface area contributed by atoms with Gasteiger partial charge in [0.05, 0.1) is 19.0 Å². The van der Waals surface area contributed by atoms with Crippen LogP contribution in [0.3, 0.4) is 0 Å². The Balaban J connectivity index is 1.64. The van der Waals surface area contributed by atoms with Crippen molar-refractivity contribution >= 4 is 11.6 Å². The van der Waals surface area contributed by atoms with Crippen molar-refractivity contribution in [2.24, 2.45) is 5.92 Å². The van der Waals surface area contributed by atoms with E-state index in [0.29, 0.717) is 13.1 Å². The second kappa shape index (κ2) is 7.37. The van der Waals surface area contributed by atoms with E-state index in [2.05, 4.69) is 28.4 Å². The maximum Gasteiger partial charge on any atom is 0.228 e. The molecule has 0 radical (unpaired) electrons. The summed E-state index contributed by atoms with van der Waals surface area (Å²) in [5.74, 6) is 0.106. The highest BCUT2D eigenvalue weighted by molar-refractivity contribution is 5.94. The molecule has 3 heterocycles. The zero-order valence-electron chi connectivity index (χ0n) is 15.5. The van der Waals surface area contributed by atoms with E-state index in [0.717, 1.165) is 53.9 Å². The van der Waals surface area contributed by atoms with Crippen LogP contribution in [0.1, 0.15) is 24.0 Å². The molecule has 0 unspecified atom stereocenters. The van der Waals surface area contributed by atoms with Crippen LogP contribution in [0.2, 0.25) is 0 Å². The SMILES string of the molecule is CN1CCC[C@@H](C(=O)Nc2cc3c(c(-c4ccncc4)c2)CN(C#N)C3)C1. The quantitative estimate of drug-likeness (QED) is 0.851. The number of amides is 1. The number of carbonyl (C=O) groups is 1. The van der Waals surface area contributed by atoms with Crippen LogP contribution >= 0.6 is 0 Å². The van der Waals surface area contributed by atoms with Gasteiger partial charge in [-0.3, -0.25) is 9.78 Å². The van der Waals surface area contributed by atoms with Crippen molar-refractivity contribution in [1.29, 1.82) is 5.26 Å². The lowest BCUT2D eigenvalue weighted by Crippen LogP contribution is -2.38. The summed E-state index contributed by atoms with van der Waals surface area (Å²) in [7, 11) is 2.06. The molecule has 1 fully saturated rings. The molecule has 1 N–H and O–H groups in total. The first-order valence-electron chi connectivity index (χ1n) is 9.34. The van der Waals surface area contributed by atoms with Crippen molar-refractivity contribution in [3.05, 3.63) is 47.8 Å². The highest BCUT2D eigenvalue weighted by Crippen LogP contribution is 2.35. The van der Waals surface area contributed by atoms with Gasteiger partial charge in [0, 0.05) is 24.6 Å². The topological polar surface area (TPSA) is 72.3 Å². The van der Waals surface area contributed by atoms with Gasteiger partial charge in [-0.05, 0) is 73.0 Å². The molecule has 1 aromatic heterocycles. The Kier molecular flexibility index (Phi) is 4.78. The lowest BCUT2D eigenvalue weighted by Gasteiger charge is -2.28. The largest absolute Gasteiger partial charge is 0.326 e. The van der Waals surface area contributed by atoms with Gasteiger partial charge in [0.2, 0.25) is 5.91 Å². The van der Waals surface area contributed by atoms with E-state index < -0.39 is 0 Å². The molecule has 6 heteroatoms. The van der Waals surface area contributed by atoms with E-state index in [9.17, 15) is 10.1 Å². The van der Waals surface area contributed by atoms with Gasteiger partial charge in [0.15, 0.2) is 6.19 Å². The summed E-state index contributed by atoms with van der Waals surface area (Å²) in [6.45, 7) is 3.04. The molecular weight excluding hydrogens is 338 g/mol. The van der Waals surface area contributed by atoms with Crippen molar-refractivity contribution in [3.8, 4) is 17.3 Å². The second-order valence-corrected chi connectivity index (χ2v) is 7.44. The Morgan fingerprint density at radius 3 is 2.85 bits per heavy atom. The van der Waals surface area contributed by atoms with Crippen molar-refractivity contribution in [3.63, 3.8) is 0 Å². The smallest absolute Gasteiger partial charge is 0.228 e. The molecule has 1 amide bonds. The normalized spacial score (nSPS) is 19.4. The third kappa shape index (κ3) is 3.64. The third-order valence-corrected chi connectivity index (χ3v) is 5.45. The molecule has 2 aliphatic heterocycles. The molecule has 1 aromatic carbocycles. The zero-order valence-corrected chi connectivity index (χ0v) is 15.5. The number of pyridine rings is 1. The number of nitrogens with one attached hydrogen (secondary N) is 1. The van der Waals surface area contributed by atoms with Crippen LogP contribution in [0.4, 0.5) is 5.69 Å². The number of hydrogen-bond donors (Lipinski definition) is 1. The number of rotatable bonds is 3. The minimum atomic E-state index is 0.0250. The van der Waals surface area contributed by atoms with Crippen LogP contribution in [0.15, 0.2) is 36.7 Å². The molecule has 0 bridgehead atoms. The summed E-state index contributed by atoms with van der Waals surface area (Å²) in [5.41, 5.74) is 5.16. The molecule has 138 valence electrons. The van der Waals surface area contributed by atoms with E-state index in [1.54, 1.807) is 17.3 Å². The highest BCUT2D eigenvalue weighted by Gasteiger charge is 2.26. The van der Waals surface area contributed by atoms with Gasteiger partial charge < -0.3 is 15.1 Å². The predicted octanol–water partition coefficient (Wildman–Crippen LogP) is 2.83. The Hall–Kier alpha value is -2.91. The number of nitrogens with zero attached hydrogens (tertiary/aromatic N) is 4. The van der Waals surface area contributed by atoms with E-state index in [1.165, 1.54) is 0 Å². The predicted molar refractivity (Wildman–Crippen MR) is 103 cm³/mol. The number of carbonyl (C=O) groups excluding carboxylic acids is 1. The molecule has 2 aliphatic rings. The van der Waals surface area contributed by atoms with Gasteiger partial charge in [-0.25, -0.2) is 0 Å². The van der Waals surface area contributed by atoms with Crippen molar-refractivity contribution in [2.75, 3.05) is 25.5 Å². The van der Waals surface area contributed by atoms with Crippen LogP contribution in [0, 0.1) is 17.4 Å². The van der Waals surface area contributed by atoms with Crippen LogP contribution in [0.5, 0.6) is 0 Å². The molecular formula is C21H23N5O. The average Bonchev–Trinajstić information content (AvgIpc) is 3.11. The van der Waals surface area contributed by atoms with Gasteiger partial charge >= 0.3 is 0 Å². The van der Waals surface area contributed by atoms with Crippen molar-refractivity contribution in [2.45, 2.75) is 25.9 Å². The first-order valence-corrected chi connectivity index (χ1v) is 9.34. The number of piperidine rings is 1. The van der Waals surface area contributed by atoms with E-state index in [4.69, 9.17) is 0 Å². The summed E-state index contributed by atoms with van der Waals surface area (Å²) < 4.78 is 0. The number of anilines is 1. The molecule has 27 heavy (non-hydrogen) atoms. The Labute approximate surface area is 159 Å². The molecule has 6 nitrogen and oxygen atoms in total. The van der Waals surface area contributed by atoms with Crippen LogP contribution < -0.4 is 5.32 Å². The number of nitriles is 1. The lowest BCUT2D eigenvalue weighted by molar-refractivity contribution is -0.121. The van der Waals surface area contributed by atoms with Crippen molar-refractivity contribution in [1.82, 2.24) is 14.8 Å². The van der Waals surface area contributed by atoms with Gasteiger partial charge in [0.25, 0.3) is 0 Å². The summed E-state index contributed by atoms with van der Waals surface area (Å²) in [4.78, 5) is 20.8. The van der Waals surface area contributed by atoms with Crippen molar-refractivity contribution < 1.29 is 4.79 Å². The number of hydrogen-bond acceptors (Lipinski definition) is 5. The van der Waals surface area contributed by atoms with E-state index in [1.807, 2.05) is 24.3 Å². The summed E-state index contributed by atoms with van der Waals surface area (Å²) in [5, 5.41) is 12.4. The number of likely N-dealkylation sites (tertiary alicyclic amines) is 1. The molecule has 4 rings (SSSR count). The fourth-order valence-electron chi connectivity index (χ4n) is 4.07. The average molecular weight is 361 g/mol. The third-order valence-electron chi connectivity index (χ3n) is 5.45. The van der Waals surface area contributed by atoms with Crippen LogP contribution in [-0.4, -0.2) is 40.8 Å². The van der Waals surface area contributed by atoms with Gasteiger partial charge in [-0.2, -0.15) is 5.26 Å². The van der Waals surface area contributed by atoms with Gasteiger partial charge in [0.1, 0.15) is 0 Å². The fourth-order valence-corrected chi connectivity index (χ4v) is 4.07. The standard InChI is InChI=1S/C21H23N5O/c1-25-8-2-3-16(11-25)21(27)24-18-9-17-12-26(14-22)13-20(17)19(10-18)15-4-6-23-7-5-15/h4-7,9-10,16H,2-3,8,11-13H2,1H3,(H,24,27)/t16-/m1/s1. The summed E-state index contributed by atoms with van der Waals surface area (Å²) >= 11 is 0.